The van der Waals surface area contributed by atoms with E-state index in [1.165, 1.54) is 0 Å². The lowest BCUT2D eigenvalue weighted by molar-refractivity contribution is 0.274. The van der Waals surface area contributed by atoms with Gasteiger partial charge in [-0.1, -0.05) is 33.6 Å². The van der Waals surface area contributed by atoms with Crippen LogP contribution in [0.25, 0.3) is 0 Å². The Labute approximate surface area is 105 Å². The topological polar surface area (TPSA) is 29.3 Å². The molecule has 0 amide bonds. The predicted molar refractivity (Wildman–Crippen MR) is 69.2 cm³/mol. The molecule has 1 aromatic rings. The van der Waals surface area contributed by atoms with Crippen molar-refractivity contribution in [2.75, 3.05) is 14.1 Å². The number of nitrogens with two attached hydrogens (primary N) is 1. The minimum Gasteiger partial charge on any atom is -0.323 e. The van der Waals surface area contributed by atoms with Gasteiger partial charge in [0.05, 0.1) is 0 Å². The van der Waals surface area contributed by atoms with E-state index in [-0.39, 0.29) is 12.1 Å². The van der Waals surface area contributed by atoms with Gasteiger partial charge < -0.3 is 10.6 Å². The van der Waals surface area contributed by atoms with Crippen molar-refractivity contribution in [1.29, 1.82) is 0 Å². The quantitative estimate of drug-likeness (QED) is 0.927. The third-order valence-electron chi connectivity index (χ3n) is 2.66. The molecule has 0 aliphatic carbocycles. The van der Waals surface area contributed by atoms with Crippen LogP contribution in [-0.2, 0) is 0 Å². The van der Waals surface area contributed by atoms with Crippen LogP contribution in [0.1, 0.15) is 18.5 Å². The fourth-order valence-electron chi connectivity index (χ4n) is 1.35. The minimum atomic E-state index is -0.0689. The van der Waals surface area contributed by atoms with Gasteiger partial charge >= 0.3 is 0 Å². The summed E-state index contributed by atoms with van der Waals surface area (Å²) in [4.78, 5) is 2.09. The van der Waals surface area contributed by atoms with Gasteiger partial charge in [0.1, 0.15) is 0 Å². The van der Waals surface area contributed by atoms with Crippen molar-refractivity contribution in [2.24, 2.45) is 5.73 Å². The Bertz CT molecular complexity index is 341. The molecule has 0 bridgehead atoms. The second-order valence-electron chi connectivity index (χ2n) is 3.90. The van der Waals surface area contributed by atoms with Crippen LogP contribution in [-0.4, -0.2) is 25.0 Å². The molecule has 2 atom stereocenters. The summed E-state index contributed by atoms with van der Waals surface area (Å²) in [6, 6.07) is 5.99. The molecule has 2 N–H and O–H groups in total. The highest BCUT2D eigenvalue weighted by Gasteiger charge is 2.18. The number of hydrogen-bond donors (Lipinski definition) is 1. The van der Waals surface area contributed by atoms with Crippen LogP contribution in [0.5, 0.6) is 0 Å². The Hall–Kier alpha value is -0.0900. The SMILES string of the molecule is C[C@@H](C(N)c1ccc(Br)cc1Cl)N(C)C. The normalized spacial score (nSPS) is 15.4. The summed E-state index contributed by atoms with van der Waals surface area (Å²) in [7, 11) is 4.02. The second kappa shape index (κ2) is 5.30. The molecule has 15 heavy (non-hydrogen) atoms. The Balaban J connectivity index is 2.96. The van der Waals surface area contributed by atoms with Crippen LogP contribution in [0.3, 0.4) is 0 Å². The number of halogens is 2. The zero-order valence-electron chi connectivity index (χ0n) is 9.17. The van der Waals surface area contributed by atoms with Crippen LogP contribution in [0.15, 0.2) is 22.7 Å². The summed E-state index contributed by atoms with van der Waals surface area (Å²) in [6.45, 7) is 2.09. The van der Waals surface area contributed by atoms with Crippen molar-refractivity contribution in [2.45, 2.75) is 19.0 Å². The van der Waals surface area contributed by atoms with Gasteiger partial charge in [-0.25, -0.2) is 0 Å². The lowest BCUT2D eigenvalue weighted by Crippen LogP contribution is -2.35. The number of hydrogen-bond acceptors (Lipinski definition) is 2. The smallest absolute Gasteiger partial charge is 0.0465 e. The molecular formula is C11H16BrClN2. The van der Waals surface area contributed by atoms with Crippen molar-refractivity contribution in [1.82, 2.24) is 4.90 Å². The minimum absolute atomic E-state index is 0.0689. The summed E-state index contributed by atoms with van der Waals surface area (Å²) in [5, 5.41) is 0.713. The standard InChI is InChI=1S/C11H16BrClN2/c1-7(15(2)3)11(14)9-5-4-8(12)6-10(9)13/h4-7,11H,14H2,1-3H3/t7-,11?/m0/s1. The van der Waals surface area contributed by atoms with E-state index < -0.39 is 0 Å². The van der Waals surface area contributed by atoms with E-state index in [1.54, 1.807) is 0 Å². The van der Waals surface area contributed by atoms with Crippen molar-refractivity contribution < 1.29 is 0 Å². The zero-order chi connectivity index (χ0) is 11.6. The molecular weight excluding hydrogens is 275 g/mol. The molecule has 1 aromatic carbocycles. The van der Waals surface area contributed by atoms with Crippen molar-refractivity contribution in [3.8, 4) is 0 Å². The highest BCUT2D eigenvalue weighted by Crippen LogP contribution is 2.27. The summed E-state index contributed by atoms with van der Waals surface area (Å²) in [5.74, 6) is 0. The van der Waals surface area contributed by atoms with Gasteiger partial charge in [-0.15, -0.1) is 0 Å². The van der Waals surface area contributed by atoms with E-state index in [4.69, 9.17) is 17.3 Å². The van der Waals surface area contributed by atoms with Crippen LogP contribution in [0.4, 0.5) is 0 Å². The summed E-state index contributed by atoms with van der Waals surface area (Å²) >= 11 is 9.52. The highest BCUT2D eigenvalue weighted by atomic mass is 79.9. The molecule has 0 aliphatic heterocycles. The van der Waals surface area contributed by atoms with E-state index in [0.717, 1.165) is 10.0 Å². The molecule has 0 radical (unpaired) electrons. The van der Waals surface area contributed by atoms with E-state index in [2.05, 4.69) is 27.8 Å². The molecule has 0 heterocycles. The first kappa shape index (κ1) is 13.0. The summed E-state index contributed by atoms with van der Waals surface area (Å²) in [6.07, 6.45) is 0. The first-order chi connectivity index (χ1) is 6.93. The average Bonchev–Trinajstić information content (AvgIpc) is 2.15. The molecule has 0 spiro atoms. The van der Waals surface area contributed by atoms with Crippen molar-refractivity contribution >= 4 is 27.5 Å². The van der Waals surface area contributed by atoms with Gasteiger partial charge in [0.2, 0.25) is 0 Å². The molecule has 2 nitrogen and oxygen atoms in total. The maximum absolute atomic E-state index is 6.15. The van der Waals surface area contributed by atoms with Crippen LogP contribution in [0.2, 0.25) is 5.02 Å². The third-order valence-corrected chi connectivity index (χ3v) is 3.48. The first-order valence-corrected chi connectivity index (χ1v) is 5.97. The van der Waals surface area contributed by atoms with Gasteiger partial charge in [-0.3, -0.25) is 0 Å². The molecule has 84 valence electrons. The Morgan fingerprint density at radius 3 is 2.47 bits per heavy atom. The fourth-order valence-corrected chi connectivity index (χ4v) is 2.15. The third kappa shape index (κ3) is 3.18. The average molecular weight is 292 g/mol. The maximum Gasteiger partial charge on any atom is 0.0465 e. The Morgan fingerprint density at radius 1 is 1.40 bits per heavy atom. The first-order valence-electron chi connectivity index (χ1n) is 4.80. The van der Waals surface area contributed by atoms with Gasteiger partial charge in [0, 0.05) is 21.6 Å². The number of rotatable bonds is 3. The molecule has 4 heteroatoms. The Kier molecular flexibility index (Phi) is 4.59. The molecule has 0 aliphatic rings. The van der Waals surface area contributed by atoms with Crippen molar-refractivity contribution in [3.63, 3.8) is 0 Å². The van der Waals surface area contributed by atoms with Gasteiger partial charge in [-0.2, -0.15) is 0 Å². The van der Waals surface area contributed by atoms with Crippen LogP contribution < -0.4 is 5.73 Å². The lowest BCUT2D eigenvalue weighted by Gasteiger charge is -2.27. The molecule has 0 saturated heterocycles. The van der Waals surface area contributed by atoms with Crippen LogP contribution in [0, 0.1) is 0 Å². The molecule has 0 fully saturated rings. The monoisotopic (exact) mass is 290 g/mol. The number of nitrogens with zero attached hydrogens (tertiary/aromatic N) is 1. The fraction of sp³-hybridized carbons (Fsp3) is 0.455. The Morgan fingerprint density at radius 2 is 2.00 bits per heavy atom. The van der Waals surface area contributed by atoms with E-state index in [9.17, 15) is 0 Å². The number of likely N-dealkylation sites (N-methyl/N-ethyl adjacent to an activating group) is 1. The molecule has 1 unspecified atom stereocenters. The molecule has 0 aromatic heterocycles. The van der Waals surface area contributed by atoms with Crippen molar-refractivity contribution in [3.05, 3.63) is 33.3 Å². The molecule has 0 saturated carbocycles. The zero-order valence-corrected chi connectivity index (χ0v) is 11.5. The predicted octanol–water partition coefficient (Wildman–Crippen LogP) is 3.05. The highest BCUT2D eigenvalue weighted by molar-refractivity contribution is 9.10. The van der Waals surface area contributed by atoms with Gasteiger partial charge in [0.15, 0.2) is 0 Å². The van der Waals surface area contributed by atoms with E-state index >= 15 is 0 Å². The second-order valence-corrected chi connectivity index (χ2v) is 5.22. The maximum atomic E-state index is 6.15. The van der Waals surface area contributed by atoms with E-state index in [0.29, 0.717) is 5.02 Å². The summed E-state index contributed by atoms with van der Waals surface area (Å²) in [5.41, 5.74) is 7.14. The lowest BCUT2D eigenvalue weighted by atomic mass is 10.0. The largest absolute Gasteiger partial charge is 0.323 e. The summed E-state index contributed by atoms with van der Waals surface area (Å²) < 4.78 is 0.973. The van der Waals surface area contributed by atoms with E-state index in [1.807, 2.05) is 32.3 Å². The van der Waals surface area contributed by atoms with Gasteiger partial charge in [-0.05, 0) is 38.7 Å². The number of benzene rings is 1. The van der Waals surface area contributed by atoms with Gasteiger partial charge in [0.25, 0.3) is 0 Å². The molecule has 1 rings (SSSR count). The van der Waals surface area contributed by atoms with Crippen LogP contribution >= 0.6 is 27.5 Å².